The van der Waals surface area contributed by atoms with Gasteiger partial charge in [-0.15, -0.1) is 24.0 Å². The number of rotatable bonds is 8. The van der Waals surface area contributed by atoms with Gasteiger partial charge in [0.05, 0.1) is 32.0 Å². The molecule has 0 aromatic heterocycles. The fourth-order valence-corrected chi connectivity index (χ4v) is 2.49. The average molecular weight is 481 g/mol. The molecule has 0 radical (unpaired) electrons. The molecular formula is C18H29FIN3O3. The Kier molecular flexibility index (Phi) is 11.0. The van der Waals surface area contributed by atoms with Crippen molar-refractivity contribution in [2.24, 2.45) is 4.99 Å². The van der Waals surface area contributed by atoms with Crippen LogP contribution in [0.2, 0.25) is 0 Å². The fraction of sp³-hybridized carbons (Fsp3) is 0.611. The van der Waals surface area contributed by atoms with E-state index in [0.29, 0.717) is 31.3 Å². The third-order valence-corrected chi connectivity index (χ3v) is 3.87. The maximum absolute atomic E-state index is 12.9. The van der Waals surface area contributed by atoms with Gasteiger partial charge in [0.15, 0.2) is 5.96 Å². The SMILES string of the molecule is CCNC(=NCC(O)c1ccc(F)cc1)NC(C)COC1CCOC1.I. The molecule has 6 nitrogen and oxygen atoms in total. The van der Waals surface area contributed by atoms with Gasteiger partial charge < -0.3 is 25.2 Å². The Morgan fingerprint density at radius 2 is 2.15 bits per heavy atom. The maximum atomic E-state index is 12.9. The Labute approximate surface area is 171 Å². The molecular weight excluding hydrogens is 452 g/mol. The number of guanidine groups is 1. The summed E-state index contributed by atoms with van der Waals surface area (Å²) in [5, 5.41) is 16.6. The molecule has 3 N–H and O–H groups in total. The van der Waals surface area contributed by atoms with Crippen LogP contribution in [0.25, 0.3) is 0 Å². The van der Waals surface area contributed by atoms with E-state index < -0.39 is 6.10 Å². The number of aliphatic hydroxyl groups excluding tert-OH is 1. The van der Waals surface area contributed by atoms with E-state index in [-0.39, 0.29) is 48.5 Å². The first-order valence-electron chi connectivity index (χ1n) is 8.76. The van der Waals surface area contributed by atoms with E-state index in [4.69, 9.17) is 9.47 Å². The van der Waals surface area contributed by atoms with Crippen molar-refractivity contribution in [3.63, 3.8) is 0 Å². The smallest absolute Gasteiger partial charge is 0.191 e. The number of hydrogen-bond donors (Lipinski definition) is 3. The Morgan fingerprint density at radius 1 is 1.42 bits per heavy atom. The summed E-state index contributed by atoms with van der Waals surface area (Å²) >= 11 is 0. The van der Waals surface area contributed by atoms with Gasteiger partial charge in [0.2, 0.25) is 0 Å². The van der Waals surface area contributed by atoms with Crippen molar-refractivity contribution in [2.75, 3.05) is 32.9 Å². The molecule has 1 aromatic carbocycles. The van der Waals surface area contributed by atoms with Crippen molar-refractivity contribution in [1.82, 2.24) is 10.6 Å². The maximum Gasteiger partial charge on any atom is 0.191 e. The molecule has 1 fully saturated rings. The lowest BCUT2D eigenvalue weighted by Crippen LogP contribution is -2.44. The standard InChI is InChI=1S/C18H28FN3O3.HI/c1-3-20-18(22-13(2)11-25-16-8-9-24-12-16)21-10-17(23)14-4-6-15(19)7-5-14;/h4-7,13,16-17,23H,3,8-12H2,1-2H3,(H2,20,21,22);1H. The van der Waals surface area contributed by atoms with Crippen molar-refractivity contribution >= 4 is 29.9 Å². The zero-order valence-corrected chi connectivity index (χ0v) is 17.6. The predicted octanol–water partition coefficient (Wildman–Crippen LogP) is 2.23. The summed E-state index contributed by atoms with van der Waals surface area (Å²) in [6.45, 7) is 6.86. The van der Waals surface area contributed by atoms with E-state index in [1.54, 1.807) is 12.1 Å². The van der Waals surface area contributed by atoms with Gasteiger partial charge >= 0.3 is 0 Å². The molecule has 1 heterocycles. The normalized spacial score (nSPS) is 19.5. The molecule has 0 bridgehead atoms. The number of ether oxygens (including phenoxy) is 2. The minimum absolute atomic E-state index is 0. The van der Waals surface area contributed by atoms with Crippen LogP contribution in [0.1, 0.15) is 31.9 Å². The van der Waals surface area contributed by atoms with E-state index in [9.17, 15) is 9.50 Å². The summed E-state index contributed by atoms with van der Waals surface area (Å²) in [5.74, 6) is 0.290. The molecule has 0 amide bonds. The Hall–Kier alpha value is -0.970. The van der Waals surface area contributed by atoms with E-state index >= 15 is 0 Å². The van der Waals surface area contributed by atoms with E-state index in [1.807, 2.05) is 13.8 Å². The third-order valence-electron chi connectivity index (χ3n) is 3.87. The van der Waals surface area contributed by atoms with Gasteiger partial charge in [-0.3, -0.25) is 4.99 Å². The molecule has 2 rings (SSSR count). The van der Waals surface area contributed by atoms with Crippen molar-refractivity contribution < 1.29 is 19.0 Å². The van der Waals surface area contributed by atoms with Gasteiger partial charge in [0, 0.05) is 19.2 Å². The molecule has 1 aliphatic rings. The summed E-state index contributed by atoms with van der Waals surface area (Å²) in [6.07, 6.45) is 0.326. The van der Waals surface area contributed by atoms with Crippen molar-refractivity contribution in [3.8, 4) is 0 Å². The minimum Gasteiger partial charge on any atom is -0.386 e. The van der Waals surface area contributed by atoms with Gasteiger partial charge in [-0.25, -0.2) is 4.39 Å². The second-order valence-electron chi connectivity index (χ2n) is 6.15. The summed E-state index contributed by atoms with van der Waals surface area (Å²) in [5.41, 5.74) is 0.638. The lowest BCUT2D eigenvalue weighted by molar-refractivity contribution is 0.0347. The first kappa shape index (κ1) is 23.1. The monoisotopic (exact) mass is 481 g/mol. The molecule has 8 heteroatoms. The predicted molar refractivity (Wildman–Crippen MR) is 111 cm³/mol. The lowest BCUT2D eigenvalue weighted by atomic mass is 10.1. The zero-order chi connectivity index (χ0) is 18.1. The Bertz CT molecular complexity index is 539. The highest BCUT2D eigenvalue weighted by Gasteiger charge is 2.17. The number of halogens is 2. The average Bonchev–Trinajstić information content (AvgIpc) is 3.12. The van der Waals surface area contributed by atoms with Crippen molar-refractivity contribution in [2.45, 2.75) is 38.5 Å². The molecule has 0 spiro atoms. The van der Waals surface area contributed by atoms with Crippen LogP contribution in [0.5, 0.6) is 0 Å². The summed E-state index contributed by atoms with van der Waals surface area (Å²) in [6, 6.07) is 5.86. The highest BCUT2D eigenvalue weighted by Crippen LogP contribution is 2.13. The topological polar surface area (TPSA) is 75.1 Å². The summed E-state index contributed by atoms with van der Waals surface area (Å²) in [7, 11) is 0. The number of nitrogens with one attached hydrogen (secondary N) is 2. The van der Waals surface area contributed by atoms with Crippen LogP contribution < -0.4 is 10.6 Å². The molecule has 1 aliphatic heterocycles. The molecule has 3 unspecified atom stereocenters. The molecule has 0 aliphatic carbocycles. The Balaban J connectivity index is 0.00000338. The van der Waals surface area contributed by atoms with E-state index in [0.717, 1.165) is 13.0 Å². The minimum atomic E-state index is -0.779. The first-order chi connectivity index (χ1) is 12.1. The number of aliphatic hydroxyl groups is 1. The van der Waals surface area contributed by atoms with Gasteiger partial charge in [0.1, 0.15) is 5.82 Å². The second-order valence-corrected chi connectivity index (χ2v) is 6.15. The van der Waals surface area contributed by atoms with Crippen LogP contribution in [-0.2, 0) is 9.47 Å². The van der Waals surface area contributed by atoms with Gasteiger partial charge in [-0.05, 0) is 38.0 Å². The zero-order valence-electron chi connectivity index (χ0n) is 15.3. The number of benzene rings is 1. The summed E-state index contributed by atoms with van der Waals surface area (Å²) < 4.78 is 24.0. The van der Waals surface area contributed by atoms with Crippen LogP contribution in [0.3, 0.4) is 0 Å². The van der Waals surface area contributed by atoms with Crippen LogP contribution in [-0.4, -0.2) is 56.1 Å². The van der Waals surface area contributed by atoms with E-state index in [2.05, 4.69) is 15.6 Å². The highest BCUT2D eigenvalue weighted by molar-refractivity contribution is 14.0. The summed E-state index contributed by atoms with van der Waals surface area (Å²) in [4.78, 5) is 4.40. The van der Waals surface area contributed by atoms with Crippen LogP contribution >= 0.6 is 24.0 Å². The van der Waals surface area contributed by atoms with Gasteiger partial charge in [-0.2, -0.15) is 0 Å². The molecule has 26 heavy (non-hydrogen) atoms. The highest BCUT2D eigenvalue weighted by atomic mass is 127. The number of aliphatic imine (C=N–C) groups is 1. The molecule has 1 saturated heterocycles. The number of nitrogens with zero attached hydrogens (tertiary/aromatic N) is 1. The van der Waals surface area contributed by atoms with Crippen LogP contribution in [0, 0.1) is 5.82 Å². The lowest BCUT2D eigenvalue weighted by Gasteiger charge is -2.20. The Morgan fingerprint density at radius 3 is 2.77 bits per heavy atom. The van der Waals surface area contributed by atoms with Crippen LogP contribution in [0.4, 0.5) is 4.39 Å². The second kappa shape index (κ2) is 12.4. The third kappa shape index (κ3) is 8.15. The van der Waals surface area contributed by atoms with E-state index in [1.165, 1.54) is 12.1 Å². The van der Waals surface area contributed by atoms with Gasteiger partial charge in [-0.1, -0.05) is 12.1 Å². The molecule has 0 saturated carbocycles. The van der Waals surface area contributed by atoms with Crippen molar-refractivity contribution in [3.05, 3.63) is 35.6 Å². The molecule has 3 atom stereocenters. The quantitative estimate of drug-likeness (QED) is 0.302. The fourth-order valence-electron chi connectivity index (χ4n) is 2.49. The van der Waals surface area contributed by atoms with Crippen LogP contribution in [0.15, 0.2) is 29.3 Å². The van der Waals surface area contributed by atoms with Gasteiger partial charge in [0.25, 0.3) is 0 Å². The number of hydrogen-bond acceptors (Lipinski definition) is 4. The first-order valence-corrected chi connectivity index (χ1v) is 8.76. The molecule has 148 valence electrons. The molecule has 1 aromatic rings. The largest absolute Gasteiger partial charge is 0.386 e. The van der Waals surface area contributed by atoms with Crippen molar-refractivity contribution in [1.29, 1.82) is 0 Å².